The Bertz CT molecular complexity index is 155. The van der Waals surface area contributed by atoms with E-state index in [0.29, 0.717) is 0 Å². The maximum absolute atomic E-state index is 11.8. The first-order valence-corrected chi connectivity index (χ1v) is 3.27. The number of halogens is 3. The second kappa shape index (κ2) is 4.30. The van der Waals surface area contributed by atoms with Gasteiger partial charge in [0.2, 0.25) is 0 Å². The van der Waals surface area contributed by atoms with Gasteiger partial charge < -0.3 is 9.84 Å². The lowest BCUT2D eigenvalue weighted by molar-refractivity contribution is -0.203. The lowest BCUT2D eigenvalue weighted by Gasteiger charge is -2.15. The molecule has 0 aliphatic rings. The molecule has 0 spiro atoms. The highest BCUT2D eigenvalue weighted by Gasteiger charge is 2.45. The fraction of sp³-hybridized carbons (Fsp3) is 0.833. The second-order valence-electron chi connectivity index (χ2n) is 2.03. The summed E-state index contributed by atoms with van der Waals surface area (Å²) in [6.07, 6.45) is -4.74. The Morgan fingerprint density at radius 1 is 1.58 bits per heavy atom. The molecule has 0 radical (unpaired) electrons. The molecule has 0 saturated heterocycles. The van der Waals surface area contributed by atoms with E-state index in [-0.39, 0.29) is 6.61 Å². The number of esters is 1. The predicted molar refractivity (Wildman–Crippen MR) is 33.3 cm³/mol. The zero-order valence-corrected chi connectivity index (χ0v) is 6.39. The molecule has 6 heteroatoms. The molecule has 0 aliphatic carbocycles. The van der Waals surface area contributed by atoms with Crippen molar-refractivity contribution >= 4 is 5.97 Å². The molecular weight excluding hydrogens is 177 g/mol. The maximum atomic E-state index is 11.8. The molecule has 0 heterocycles. The van der Waals surface area contributed by atoms with Gasteiger partial charge in [-0.1, -0.05) is 0 Å². The van der Waals surface area contributed by atoms with Gasteiger partial charge in [-0.3, -0.25) is 4.79 Å². The molecule has 0 aromatic heterocycles. The van der Waals surface area contributed by atoms with Crippen molar-refractivity contribution in [3.8, 4) is 0 Å². The van der Waals surface area contributed by atoms with Gasteiger partial charge in [0, 0.05) is 0 Å². The minimum Gasteiger partial charge on any atom is -0.465 e. The van der Waals surface area contributed by atoms with E-state index in [1.807, 2.05) is 0 Å². The Morgan fingerprint density at radius 3 is 2.33 bits per heavy atom. The van der Waals surface area contributed by atoms with Crippen molar-refractivity contribution in [3.63, 3.8) is 0 Å². The quantitative estimate of drug-likeness (QED) is 0.660. The van der Waals surface area contributed by atoms with Crippen LogP contribution in [0.5, 0.6) is 0 Å². The van der Waals surface area contributed by atoms with Gasteiger partial charge in [-0.05, 0) is 6.92 Å². The van der Waals surface area contributed by atoms with Crippen LogP contribution in [0.3, 0.4) is 0 Å². The van der Waals surface area contributed by atoms with Crippen molar-refractivity contribution in [2.75, 3.05) is 13.2 Å². The number of alkyl halides is 3. The summed E-state index contributed by atoms with van der Waals surface area (Å²) in [6.45, 7) is -0.0174. The van der Waals surface area contributed by atoms with Gasteiger partial charge in [0.1, 0.15) is 0 Å². The number of ether oxygens (including phenoxy) is 1. The van der Waals surface area contributed by atoms with E-state index in [2.05, 4.69) is 4.74 Å². The standard InChI is InChI=1S/C6H9F3O3/c1-2-12-5(11)4(3-10)6(7,8)9/h4,10H,2-3H2,1H3/t4-/m1/s1. The van der Waals surface area contributed by atoms with E-state index >= 15 is 0 Å². The van der Waals surface area contributed by atoms with Gasteiger partial charge in [0.15, 0.2) is 5.92 Å². The number of hydrogen-bond acceptors (Lipinski definition) is 3. The molecular formula is C6H9F3O3. The van der Waals surface area contributed by atoms with Gasteiger partial charge in [-0.2, -0.15) is 13.2 Å². The van der Waals surface area contributed by atoms with Crippen LogP contribution in [-0.2, 0) is 9.53 Å². The first-order valence-electron chi connectivity index (χ1n) is 3.27. The summed E-state index contributed by atoms with van der Waals surface area (Å²) in [5.41, 5.74) is 0. The molecule has 0 amide bonds. The number of aliphatic hydroxyl groups is 1. The van der Waals surface area contributed by atoms with Crippen LogP contribution in [0, 0.1) is 5.92 Å². The zero-order chi connectivity index (χ0) is 9.78. The third kappa shape index (κ3) is 3.08. The molecule has 0 aromatic carbocycles. The third-order valence-electron chi connectivity index (χ3n) is 1.15. The molecule has 0 aliphatic heterocycles. The third-order valence-corrected chi connectivity index (χ3v) is 1.15. The topological polar surface area (TPSA) is 46.5 Å². The van der Waals surface area contributed by atoms with Gasteiger partial charge >= 0.3 is 12.1 Å². The highest BCUT2D eigenvalue weighted by Crippen LogP contribution is 2.26. The van der Waals surface area contributed by atoms with Crippen LogP contribution in [-0.4, -0.2) is 30.5 Å². The molecule has 0 aromatic rings. The lowest BCUT2D eigenvalue weighted by Crippen LogP contribution is -2.35. The zero-order valence-electron chi connectivity index (χ0n) is 6.39. The summed E-state index contributed by atoms with van der Waals surface area (Å²) >= 11 is 0. The highest BCUT2D eigenvalue weighted by atomic mass is 19.4. The van der Waals surface area contributed by atoms with Crippen molar-refractivity contribution in [1.82, 2.24) is 0 Å². The molecule has 12 heavy (non-hydrogen) atoms. The average Bonchev–Trinajstić information content (AvgIpc) is 1.85. The fourth-order valence-electron chi connectivity index (χ4n) is 0.555. The van der Waals surface area contributed by atoms with Gasteiger partial charge in [-0.25, -0.2) is 0 Å². The number of aliphatic hydroxyl groups excluding tert-OH is 1. The average molecular weight is 186 g/mol. The fourth-order valence-corrected chi connectivity index (χ4v) is 0.555. The van der Waals surface area contributed by atoms with Crippen LogP contribution in [0.1, 0.15) is 6.92 Å². The predicted octanol–water partition coefficient (Wildman–Crippen LogP) is 0.720. The first-order chi connectivity index (χ1) is 5.43. The second-order valence-corrected chi connectivity index (χ2v) is 2.03. The highest BCUT2D eigenvalue weighted by molar-refractivity contribution is 5.73. The summed E-state index contributed by atoms with van der Waals surface area (Å²) < 4.78 is 39.6. The Balaban J connectivity index is 4.25. The summed E-state index contributed by atoms with van der Waals surface area (Å²) in [6, 6.07) is 0. The number of rotatable bonds is 3. The van der Waals surface area contributed by atoms with Crippen molar-refractivity contribution in [1.29, 1.82) is 0 Å². The van der Waals surface area contributed by atoms with Crippen molar-refractivity contribution < 1.29 is 27.8 Å². The Kier molecular flexibility index (Phi) is 4.02. The van der Waals surface area contributed by atoms with E-state index in [1.54, 1.807) is 0 Å². The van der Waals surface area contributed by atoms with Gasteiger partial charge in [0.05, 0.1) is 13.2 Å². The van der Waals surface area contributed by atoms with E-state index < -0.39 is 24.7 Å². The molecule has 1 atom stereocenters. The largest absolute Gasteiger partial charge is 0.465 e. The molecule has 0 rings (SSSR count). The summed E-state index contributed by atoms with van der Waals surface area (Å²) in [4.78, 5) is 10.5. The van der Waals surface area contributed by atoms with E-state index in [1.165, 1.54) is 6.92 Å². The Labute approximate surface area is 67.1 Å². The van der Waals surface area contributed by atoms with Crippen molar-refractivity contribution in [2.45, 2.75) is 13.1 Å². The molecule has 0 saturated carbocycles. The van der Waals surface area contributed by atoms with Gasteiger partial charge in [-0.15, -0.1) is 0 Å². The smallest absolute Gasteiger partial charge is 0.404 e. The first kappa shape index (κ1) is 11.2. The molecule has 1 N–H and O–H groups in total. The number of carbonyl (C=O) groups excluding carboxylic acids is 1. The summed E-state index contributed by atoms with van der Waals surface area (Å²) in [7, 11) is 0. The molecule has 3 nitrogen and oxygen atoms in total. The molecule has 72 valence electrons. The SMILES string of the molecule is CCOC(=O)[C@@H](CO)C(F)(F)F. The Morgan fingerprint density at radius 2 is 2.08 bits per heavy atom. The Hall–Kier alpha value is -0.780. The minimum atomic E-state index is -4.74. The van der Waals surface area contributed by atoms with Crippen LogP contribution in [0.2, 0.25) is 0 Å². The maximum Gasteiger partial charge on any atom is 0.404 e. The normalized spacial score (nSPS) is 14.1. The van der Waals surface area contributed by atoms with Crippen LogP contribution in [0.4, 0.5) is 13.2 Å². The molecule has 0 fully saturated rings. The minimum absolute atomic E-state index is 0.134. The molecule has 0 unspecified atom stereocenters. The summed E-state index contributed by atoms with van der Waals surface area (Å²) in [5.74, 6) is -3.86. The number of hydrogen-bond donors (Lipinski definition) is 1. The monoisotopic (exact) mass is 186 g/mol. The van der Waals surface area contributed by atoms with E-state index in [0.717, 1.165) is 0 Å². The van der Waals surface area contributed by atoms with Crippen molar-refractivity contribution in [3.05, 3.63) is 0 Å². The lowest BCUT2D eigenvalue weighted by atomic mass is 10.1. The van der Waals surface area contributed by atoms with Crippen molar-refractivity contribution in [2.24, 2.45) is 5.92 Å². The van der Waals surface area contributed by atoms with Gasteiger partial charge in [0.25, 0.3) is 0 Å². The van der Waals surface area contributed by atoms with Crippen LogP contribution >= 0.6 is 0 Å². The van der Waals surface area contributed by atoms with Crippen LogP contribution in [0.15, 0.2) is 0 Å². The molecule has 0 bridgehead atoms. The van der Waals surface area contributed by atoms with E-state index in [9.17, 15) is 18.0 Å². The van der Waals surface area contributed by atoms with Crippen LogP contribution in [0.25, 0.3) is 0 Å². The van der Waals surface area contributed by atoms with E-state index in [4.69, 9.17) is 5.11 Å². The summed E-state index contributed by atoms with van der Waals surface area (Å²) in [5, 5.41) is 8.24. The van der Waals surface area contributed by atoms with Crippen LogP contribution < -0.4 is 0 Å². The number of carbonyl (C=O) groups is 1.